The van der Waals surface area contributed by atoms with Crippen LogP contribution in [0.2, 0.25) is 0 Å². The average Bonchev–Trinajstić information content (AvgIpc) is 2.20. The van der Waals surface area contributed by atoms with Crippen molar-refractivity contribution in [2.24, 2.45) is 5.73 Å². The molecule has 0 aromatic carbocycles. The van der Waals surface area contributed by atoms with Crippen LogP contribution in [0.1, 0.15) is 20.3 Å². The third-order valence-corrected chi connectivity index (χ3v) is 1.74. The van der Waals surface area contributed by atoms with Gasteiger partial charge in [0.15, 0.2) is 0 Å². The van der Waals surface area contributed by atoms with E-state index in [0.29, 0.717) is 13.1 Å². The molecule has 0 heterocycles. The van der Waals surface area contributed by atoms with Crippen LogP contribution in [0.3, 0.4) is 0 Å². The summed E-state index contributed by atoms with van der Waals surface area (Å²) in [5, 5.41) is 5.65. The van der Waals surface area contributed by atoms with Gasteiger partial charge in [-0.15, -0.1) is 0 Å². The Morgan fingerprint density at radius 2 is 2.07 bits per heavy atom. The highest BCUT2D eigenvalue weighted by molar-refractivity contribution is 5.81. The Labute approximate surface area is 89.5 Å². The smallest absolute Gasteiger partial charge is 0.404 e. The van der Waals surface area contributed by atoms with Crippen molar-refractivity contribution in [2.75, 3.05) is 19.7 Å². The molecule has 0 saturated carbocycles. The summed E-state index contributed by atoms with van der Waals surface area (Å²) < 4.78 is 4.50. The van der Waals surface area contributed by atoms with E-state index in [-0.39, 0.29) is 18.6 Å². The Kier molecular flexibility index (Phi) is 7.35. The van der Waals surface area contributed by atoms with Gasteiger partial charge in [0.2, 0.25) is 5.91 Å². The van der Waals surface area contributed by atoms with E-state index in [1.165, 1.54) is 0 Å². The maximum absolute atomic E-state index is 11.3. The fraction of sp³-hybridized carbons (Fsp3) is 0.778. The largest absolute Gasteiger partial charge is 0.448 e. The van der Waals surface area contributed by atoms with Gasteiger partial charge in [0.05, 0.1) is 6.04 Å². The Morgan fingerprint density at radius 1 is 1.40 bits per heavy atom. The van der Waals surface area contributed by atoms with Crippen molar-refractivity contribution in [2.45, 2.75) is 26.3 Å². The van der Waals surface area contributed by atoms with Crippen molar-refractivity contribution < 1.29 is 14.3 Å². The fourth-order valence-corrected chi connectivity index (χ4v) is 0.921. The van der Waals surface area contributed by atoms with Crippen molar-refractivity contribution in [1.29, 1.82) is 0 Å². The van der Waals surface area contributed by atoms with Crippen LogP contribution in [0.25, 0.3) is 0 Å². The molecule has 0 bridgehead atoms. The van der Waals surface area contributed by atoms with Crippen LogP contribution in [-0.2, 0) is 9.53 Å². The highest BCUT2D eigenvalue weighted by Gasteiger charge is 2.10. The Balaban J connectivity index is 3.50. The summed E-state index contributed by atoms with van der Waals surface area (Å²) in [6.07, 6.45) is 0.100. The summed E-state index contributed by atoms with van der Waals surface area (Å²) in [7, 11) is 0. The first-order valence-corrected chi connectivity index (χ1v) is 5.01. The lowest BCUT2D eigenvalue weighted by Crippen LogP contribution is -2.43. The molecule has 6 heteroatoms. The second kappa shape index (κ2) is 8.05. The molecule has 0 aliphatic carbocycles. The van der Waals surface area contributed by atoms with E-state index < -0.39 is 6.09 Å². The highest BCUT2D eigenvalue weighted by atomic mass is 16.5. The summed E-state index contributed by atoms with van der Waals surface area (Å²) in [5.41, 5.74) is 4.77. The second-order valence-electron chi connectivity index (χ2n) is 3.13. The van der Waals surface area contributed by atoms with Crippen LogP contribution in [0.15, 0.2) is 0 Å². The first-order chi connectivity index (χ1) is 7.07. The minimum absolute atomic E-state index is 0.0593. The van der Waals surface area contributed by atoms with Crippen LogP contribution < -0.4 is 16.4 Å². The van der Waals surface area contributed by atoms with Crippen molar-refractivity contribution in [3.63, 3.8) is 0 Å². The average molecular weight is 217 g/mol. The van der Waals surface area contributed by atoms with E-state index in [1.54, 1.807) is 6.92 Å². The molecule has 2 amide bonds. The monoisotopic (exact) mass is 217 g/mol. The first-order valence-electron chi connectivity index (χ1n) is 5.01. The van der Waals surface area contributed by atoms with Gasteiger partial charge < -0.3 is 21.1 Å². The fourth-order valence-electron chi connectivity index (χ4n) is 0.921. The Bertz CT molecular complexity index is 209. The molecule has 1 atom stereocenters. The SMILES string of the molecule is CCCNC(=O)C(C)NCCOC(N)=O. The number of rotatable bonds is 7. The Hall–Kier alpha value is -1.30. The second-order valence-corrected chi connectivity index (χ2v) is 3.13. The number of hydrogen-bond donors (Lipinski definition) is 3. The van der Waals surface area contributed by atoms with Crippen LogP contribution in [-0.4, -0.2) is 37.7 Å². The van der Waals surface area contributed by atoms with Gasteiger partial charge in [-0.1, -0.05) is 6.92 Å². The molecule has 88 valence electrons. The van der Waals surface area contributed by atoms with Crippen LogP contribution in [0, 0.1) is 0 Å². The lowest BCUT2D eigenvalue weighted by Gasteiger charge is -2.13. The molecular weight excluding hydrogens is 198 g/mol. The van der Waals surface area contributed by atoms with Crippen LogP contribution in [0.4, 0.5) is 4.79 Å². The standard InChI is InChI=1S/C9H19N3O3/c1-3-4-12-8(13)7(2)11-5-6-15-9(10)14/h7,11H,3-6H2,1-2H3,(H2,10,14)(H,12,13). The number of carbonyl (C=O) groups excluding carboxylic acids is 2. The predicted octanol–water partition coefficient (Wildman–Crippen LogP) is -0.414. The third-order valence-electron chi connectivity index (χ3n) is 1.74. The number of amides is 2. The third kappa shape index (κ3) is 7.75. The predicted molar refractivity (Wildman–Crippen MR) is 56.3 cm³/mol. The van der Waals surface area contributed by atoms with Gasteiger partial charge in [-0.05, 0) is 13.3 Å². The number of ether oxygens (including phenoxy) is 1. The lowest BCUT2D eigenvalue weighted by molar-refractivity contribution is -0.122. The zero-order valence-corrected chi connectivity index (χ0v) is 9.21. The molecule has 0 aromatic rings. The molecule has 0 aliphatic rings. The molecule has 4 N–H and O–H groups in total. The van der Waals surface area contributed by atoms with Gasteiger partial charge in [0.25, 0.3) is 0 Å². The minimum Gasteiger partial charge on any atom is -0.448 e. The van der Waals surface area contributed by atoms with Gasteiger partial charge >= 0.3 is 6.09 Å². The number of nitrogens with two attached hydrogens (primary N) is 1. The molecule has 15 heavy (non-hydrogen) atoms. The number of carbonyl (C=O) groups is 2. The summed E-state index contributed by atoms with van der Waals surface area (Å²) >= 11 is 0. The molecule has 0 aliphatic heterocycles. The highest BCUT2D eigenvalue weighted by Crippen LogP contribution is 1.83. The van der Waals surface area contributed by atoms with E-state index in [4.69, 9.17) is 5.73 Å². The van der Waals surface area contributed by atoms with Gasteiger partial charge in [0.1, 0.15) is 6.61 Å². The number of primary amides is 1. The molecule has 0 saturated heterocycles. The summed E-state index contributed by atoms with van der Waals surface area (Å²) in [4.78, 5) is 21.5. The van der Waals surface area contributed by atoms with Crippen molar-refractivity contribution >= 4 is 12.0 Å². The molecule has 1 unspecified atom stereocenters. The molecule has 6 nitrogen and oxygen atoms in total. The molecule has 0 spiro atoms. The minimum atomic E-state index is -0.806. The molecular formula is C9H19N3O3. The first kappa shape index (κ1) is 13.7. The molecule has 0 fully saturated rings. The van der Waals surface area contributed by atoms with E-state index in [9.17, 15) is 9.59 Å². The summed E-state index contributed by atoms with van der Waals surface area (Å²) in [6.45, 7) is 4.97. The van der Waals surface area contributed by atoms with E-state index in [2.05, 4.69) is 15.4 Å². The van der Waals surface area contributed by atoms with Crippen molar-refractivity contribution in [3.05, 3.63) is 0 Å². The van der Waals surface area contributed by atoms with Crippen LogP contribution >= 0.6 is 0 Å². The van der Waals surface area contributed by atoms with E-state index in [0.717, 1.165) is 6.42 Å². The lowest BCUT2D eigenvalue weighted by atomic mass is 10.3. The van der Waals surface area contributed by atoms with Gasteiger partial charge in [-0.3, -0.25) is 4.79 Å². The van der Waals surface area contributed by atoms with Crippen molar-refractivity contribution in [1.82, 2.24) is 10.6 Å². The van der Waals surface area contributed by atoms with Crippen LogP contribution in [0.5, 0.6) is 0 Å². The van der Waals surface area contributed by atoms with E-state index >= 15 is 0 Å². The molecule has 0 radical (unpaired) electrons. The zero-order valence-electron chi connectivity index (χ0n) is 9.21. The van der Waals surface area contributed by atoms with Gasteiger partial charge in [-0.25, -0.2) is 4.79 Å². The summed E-state index contributed by atoms with van der Waals surface area (Å²) in [6, 6.07) is -0.298. The number of nitrogens with one attached hydrogen (secondary N) is 2. The maximum atomic E-state index is 11.3. The van der Waals surface area contributed by atoms with Gasteiger partial charge in [0, 0.05) is 13.1 Å². The maximum Gasteiger partial charge on any atom is 0.404 e. The number of hydrogen-bond acceptors (Lipinski definition) is 4. The summed E-state index contributed by atoms with van der Waals surface area (Å²) in [5.74, 6) is -0.0593. The normalized spacial score (nSPS) is 11.9. The van der Waals surface area contributed by atoms with Crippen molar-refractivity contribution in [3.8, 4) is 0 Å². The molecule has 0 aromatic heterocycles. The zero-order chi connectivity index (χ0) is 11.7. The Morgan fingerprint density at radius 3 is 2.60 bits per heavy atom. The molecule has 0 rings (SSSR count). The van der Waals surface area contributed by atoms with Gasteiger partial charge in [-0.2, -0.15) is 0 Å². The van der Waals surface area contributed by atoms with E-state index in [1.807, 2.05) is 6.92 Å². The quantitative estimate of drug-likeness (QED) is 0.505. The topological polar surface area (TPSA) is 93.4 Å².